The molecule has 3 rings (SSSR count). The van der Waals surface area contributed by atoms with Crippen LogP contribution in [0.5, 0.6) is 0 Å². The van der Waals surface area contributed by atoms with Crippen molar-refractivity contribution in [1.82, 2.24) is 4.90 Å². The molecule has 1 N–H and O–H groups in total. The Kier molecular flexibility index (Phi) is 5.12. The van der Waals surface area contributed by atoms with Gasteiger partial charge in [0.1, 0.15) is 0 Å². The molecule has 2 saturated heterocycles. The second kappa shape index (κ2) is 7.25. The molecule has 4 heteroatoms. The van der Waals surface area contributed by atoms with Gasteiger partial charge in [-0.1, -0.05) is 12.1 Å². The fourth-order valence-corrected chi connectivity index (χ4v) is 3.36. The number of anilines is 1. The summed E-state index contributed by atoms with van der Waals surface area (Å²) in [6.07, 6.45) is 3.44. The molecular formula is C17H26N2O2. The maximum Gasteiger partial charge on any atom is 0.0642 e. The van der Waals surface area contributed by atoms with Gasteiger partial charge in [0.15, 0.2) is 0 Å². The number of aliphatic hydroxyl groups excluding tert-OH is 1. The maximum atomic E-state index is 9.36. The lowest BCUT2D eigenvalue weighted by atomic mass is 10.1. The summed E-state index contributed by atoms with van der Waals surface area (Å²) in [6.45, 7) is 6.14. The molecular weight excluding hydrogens is 264 g/mol. The van der Waals surface area contributed by atoms with Crippen LogP contribution in [0.25, 0.3) is 0 Å². The molecule has 4 nitrogen and oxygen atoms in total. The highest BCUT2D eigenvalue weighted by Crippen LogP contribution is 2.19. The average molecular weight is 290 g/mol. The molecule has 1 aromatic rings. The van der Waals surface area contributed by atoms with Gasteiger partial charge in [-0.25, -0.2) is 0 Å². The Hall–Kier alpha value is -1.10. The fourth-order valence-electron chi connectivity index (χ4n) is 3.36. The summed E-state index contributed by atoms with van der Waals surface area (Å²) in [4.78, 5) is 4.81. The molecule has 0 unspecified atom stereocenters. The van der Waals surface area contributed by atoms with Crippen LogP contribution < -0.4 is 4.90 Å². The third-order valence-corrected chi connectivity index (χ3v) is 4.71. The monoisotopic (exact) mass is 290 g/mol. The van der Waals surface area contributed by atoms with E-state index in [-0.39, 0.29) is 0 Å². The summed E-state index contributed by atoms with van der Waals surface area (Å²) in [5.74, 6) is 0. The molecule has 2 fully saturated rings. The van der Waals surface area contributed by atoms with E-state index in [1.807, 2.05) is 0 Å². The molecule has 0 amide bonds. The normalized spacial score (nSPS) is 23.7. The molecule has 116 valence electrons. The van der Waals surface area contributed by atoms with Crippen molar-refractivity contribution in [2.45, 2.75) is 25.3 Å². The van der Waals surface area contributed by atoms with Crippen molar-refractivity contribution in [1.29, 1.82) is 0 Å². The SMILES string of the molecule is OC[C@H]1CCCN1CCc1ccc(N2CCOCC2)cc1. The van der Waals surface area contributed by atoms with Gasteiger partial charge < -0.3 is 14.7 Å². The number of ether oxygens (including phenoxy) is 1. The molecule has 2 aliphatic heterocycles. The minimum Gasteiger partial charge on any atom is -0.395 e. The Morgan fingerprint density at radius 2 is 1.86 bits per heavy atom. The quantitative estimate of drug-likeness (QED) is 0.892. The summed E-state index contributed by atoms with van der Waals surface area (Å²) in [7, 11) is 0. The van der Waals surface area contributed by atoms with Gasteiger partial charge in [0.05, 0.1) is 19.8 Å². The summed E-state index contributed by atoms with van der Waals surface area (Å²) in [6, 6.07) is 9.34. The third-order valence-electron chi connectivity index (χ3n) is 4.71. The lowest BCUT2D eigenvalue weighted by Gasteiger charge is -2.29. The van der Waals surface area contributed by atoms with Gasteiger partial charge in [0.2, 0.25) is 0 Å². The Bertz CT molecular complexity index is 429. The lowest BCUT2D eigenvalue weighted by molar-refractivity contribution is 0.122. The van der Waals surface area contributed by atoms with Crippen LogP contribution in [0.4, 0.5) is 5.69 Å². The smallest absolute Gasteiger partial charge is 0.0642 e. The third kappa shape index (κ3) is 3.76. The zero-order valence-electron chi connectivity index (χ0n) is 12.7. The van der Waals surface area contributed by atoms with E-state index in [2.05, 4.69) is 34.1 Å². The predicted octanol–water partition coefficient (Wildman–Crippen LogP) is 1.52. The summed E-state index contributed by atoms with van der Waals surface area (Å²) >= 11 is 0. The van der Waals surface area contributed by atoms with Crippen LogP contribution in [0.3, 0.4) is 0 Å². The minimum atomic E-state index is 0.302. The zero-order chi connectivity index (χ0) is 14.5. The maximum absolute atomic E-state index is 9.36. The second-order valence-electron chi connectivity index (χ2n) is 6.03. The number of benzene rings is 1. The molecule has 2 aliphatic rings. The number of rotatable bonds is 5. The fraction of sp³-hybridized carbons (Fsp3) is 0.647. The first-order valence-electron chi connectivity index (χ1n) is 8.13. The van der Waals surface area contributed by atoms with Crippen molar-refractivity contribution >= 4 is 5.69 Å². The van der Waals surface area contributed by atoms with Gasteiger partial charge in [0.25, 0.3) is 0 Å². The van der Waals surface area contributed by atoms with E-state index in [1.165, 1.54) is 17.7 Å². The van der Waals surface area contributed by atoms with Gasteiger partial charge in [0, 0.05) is 31.4 Å². The predicted molar refractivity (Wildman–Crippen MR) is 84.9 cm³/mol. The topological polar surface area (TPSA) is 35.9 Å². The molecule has 2 heterocycles. The standard InChI is InChI=1S/C17H26N2O2/c20-14-17-2-1-8-18(17)9-7-15-3-5-16(6-4-15)19-10-12-21-13-11-19/h3-6,17,20H,1-2,7-14H2/t17-/m1/s1. The van der Waals surface area contributed by atoms with Gasteiger partial charge in [-0.15, -0.1) is 0 Å². The van der Waals surface area contributed by atoms with E-state index in [4.69, 9.17) is 4.74 Å². The Morgan fingerprint density at radius 3 is 2.57 bits per heavy atom. The Labute approximate surface area is 127 Å². The van der Waals surface area contributed by atoms with Crippen molar-refractivity contribution in [2.75, 3.05) is 50.9 Å². The Balaban J connectivity index is 1.52. The Morgan fingerprint density at radius 1 is 1.10 bits per heavy atom. The van der Waals surface area contributed by atoms with E-state index in [9.17, 15) is 5.11 Å². The minimum absolute atomic E-state index is 0.302. The highest BCUT2D eigenvalue weighted by Gasteiger charge is 2.22. The molecule has 0 bridgehead atoms. The number of hydrogen-bond donors (Lipinski definition) is 1. The summed E-state index contributed by atoms with van der Waals surface area (Å²) < 4.78 is 5.39. The van der Waals surface area contributed by atoms with Gasteiger partial charge in [-0.05, 0) is 43.5 Å². The van der Waals surface area contributed by atoms with Gasteiger partial charge >= 0.3 is 0 Å². The van der Waals surface area contributed by atoms with Crippen LogP contribution in [-0.4, -0.2) is 62.0 Å². The molecule has 21 heavy (non-hydrogen) atoms. The average Bonchev–Trinajstić information content (AvgIpc) is 3.02. The van der Waals surface area contributed by atoms with E-state index in [1.54, 1.807) is 0 Å². The number of morpholine rings is 1. The molecule has 0 spiro atoms. The number of hydrogen-bond acceptors (Lipinski definition) is 4. The van der Waals surface area contributed by atoms with Gasteiger partial charge in [-0.2, -0.15) is 0 Å². The lowest BCUT2D eigenvalue weighted by Crippen LogP contribution is -2.36. The first-order chi connectivity index (χ1) is 10.4. The van der Waals surface area contributed by atoms with Crippen molar-refractivity contribution in [3.05, 3.63) is 29.8 Å². The molecule has 1 aromatic carbocycles. The number of aliphatic hydroxyl groups is 1. The van der Waals surface area contributed by atoms with Crippen LogP contribution >= 0.6 is 0 Å². The summed E-state index contributed by atoms with van der Waals surface area (Å²) in [5.41, 5.74) is 2.69. The molecule has 0 radical (unpaired) electrons. The molecule has 0 saturated carbocycles. The number of nitrogens with zero attached hydrogens (tertiary/aromatic N) is 2. The number of likely N-dealkylation sites (tertiary alicyclic amines) is 1. The largest absolute Gasteiger partial charge is 0.395 e. The molecule has 0 aromatic heterocycles. The van der Waals surface area contributed by atoms with E-state index in [0.29, 0.717) is 12.6 Å². The van der Waals surface area contributed by atoms with Crippen LogP contribution in [0.1, 0.15) is 18.4 Å². The van der Waals surface area contributed by atoms with Gasteiger partial charge in [-0.3, -0.25) is 4.90 Å². The summed E-state index contributed by atoms with van der Waals surface area (Å²) in [5, 5.41) is 9.36. The van der Waals surface area contributed by atoms with E-state index in [0.717, 1.165) is 52.2 Å². The van der Waals surface area contributed by atoms with E-state index >= 15 is 0 Å². The molecule has 0 aliphatic carbocycles. The van der Waals surface area contributed by atoms with Crippen molar-refractivity contribution in [2.24, 2.45) is 0 Å². The van der Waals surface area contributed by atoms with E-state index < -0.39 is 0 Å². The van der Waals surface area contributed by atoms with Crippen molar-refractivity contribution in [3.8, 4) is 0 Å². The van der Waals surface area contributed by atoms with Crippen LogP contribution in [0, 0.1) is 0 Å². The highest BCUT2D eigenvalue weighted by molar-refractivity contribution is 5.47. The molecule has 1 atom stereocenters. The van der Waals surface area contributed by atoms with Crippen LogP contribution in [-0.2, 0) is 11.2 Å². The first kappa shape index (κ1) is 14.8. The van der Waals surface area contributed by atoms with Crippen molar-refractivity contribution < 1.29 is 9.84 Å². The van der Waals surface area contributed by atoms with Crippen LogP contribution in [0.2, 0.25) is 0 Å². The zero-order valence-corrected chi connectivity index (χ0v) is 12.7. The van der Waals surface area contributed by atoms with Crippen molar-refractivity contribution in [3.63, 3.8) is 0 Å². The first-order valence-corrected chi connectivity index (χ1v) is 8.13. The van der Waals surface area contributed by atoms with Crippen LogP contribution in [0.15, 0.2) is 24.3 Å². The second-order valence-corrected chi connectivity index (χ2v) is 6.03. The highest BCUT2D eigenvalue weighted by atomic mass is 16.5.